The van der Waals surface area contributed by atoms with Gasteiger partial charge in [0, 0.05) is 7.05 Å². The number of alkyl halides is 3. The Morgan fingerprint density at radius 1 is 1.44 bits per heavy atom. The molecule has 0 aliphatic carbocycles. The van der Waals surface area contributed by atoms with Crippen LogP contribution in [0, 0.1) is 6.92 Å². The van der Waals surface area contributed by atoms with E-state index in [9.17, 15) is 8.78 Å². The molecule has 0 saturated heterocycles. The lowest BCUT2D eigenvalue weighted by Crippen LogP contribution is -2.11. The van der Waals surface area contributed by atoms with Crippen molar-refractivity contribution in [3.63, 3.8) is 0 Å². The fourth-order valence-corrected chi connectivity index (χ4v) is 2.02. The van der Waals surface area contributed by atoms with Crippen LogP contribution in [-0.2, 0) is 19.5 Å². The van der Waals surface area contributed by atoms with Gasteiger partial charge in [0.05, 0.1) is 18.1 Å². The Kier molecular flexibility index (Phi) is 2.84. The van der Waals surface area contributed by atoms with Gasteiger partial charge in [-0.2, -0.15) is 5.10 Å². The highest BCUT2D eigenvalue weighted by Crippen LogP contribution is 2.21. The largest absolute Gasteiger partial charge is 0.306 e. The van der Waals surface area contributed by atoms with E-state index in [1.165, 1.54) is 4.57 Å². The van der Waals surface area contributed by atoms with Crippen LogP contribution in [0.2, 0.25) is 0 Å². The van der Waals surface area contributed by atoms with E-state index in [2.05, 4.69) is 10.1 Å². The molecule has 0 amide bonds. The number of aryl methyl sites for hydroxylation is 2. The third-order valence-electron chi connectivity index (χ3n) is 2.41. The molecule has 0 fully saturated rings. The maximum Gasteiger partial charge on any atom is 0.256 e. The highest BCUT2D eigenvalue weighted by atomic mass is 35.5. The first kappa shape index (κ1) is 11.3. The zero-order valence-electron chi connectivity index (χ0n) is 8.91. The number of halogens is 3. The molecule has 0 aromatic carbocycles. The Morgan fingerprint density at radius 3 is 2.69 bits per heavy atom. The zero-order chi connectivity index (χ0) is 11.9. The number of hydrogen-bond acceptors (Lipinski definition) is 2. The Morgan fingerprint density at radius 2 is 2.12 bits per heavy atom. The first-order chi connectivity index (χ1) is 7.54. The molecule has 2 rings (SSSR count). The van der Waals surface area contributed by atoms with Gasteiger partial charge in [0.2, 0.25) is 0 Å². The lowest BCUT2D eigenvalue weighted by atomic mass is 10.4. The van der Waals surface area contributed by atoms with E-state index in [1.54, 1.807) is 18.7 Å². The van der Waals surface area contributed by atoms with Crippen molar-refractivity contribution in [2.24, 2.45) is 7.05 Å². The van der Waals surface area contributed by atoms with Crippen LogP contribution in [0.1, 0.15) is 11.5 Å². The molecule has 16 heavy (non-hydrogen) atoms. The minimum atomic E-state index is -2.44. The van der Waals surface area contributed by atoms with E-state index < -0.39 is 13.0 Å². The normalized spacial score (nSPS) is 11.9. The summed E-state index contributed by atoms with van der Waals surface area (Å²) in [4.78, 5) is 4.22. The van der Waals surface area contributed by atoms with Gasteiger partial charge in [-0.3, -0.25) is 4.68 Å². The van der Waals surface area contributed by atoms with Crippen LogP contribution in [0.4, 0.5) is 8.78 Å². The van der Waals surface area contributed by atoms with Crippen molar-refractivity contribution in [2.75, 3.05) is 0 Å². The summed E-state index contributed by atoms with van der Waals surface area (Å²) in [6, 6.07) is 0. The lowest BCUT2D eigenvalue weighted by Gasteiger charge is -2.06. The number of hydrogen-bond donors (Lipinski definition) is 0. The average molecular weight is 249 g/mol. The van der Waals surface area contributed by atoms with Crippen LogP contribution in [0.5, 0.6) is 0 Å². The van der Waals surface area contributed by atoms with Crippen molar-refractivity contribution in [3.05, 3.63) is 11.5 Å². The molecule has 2 aromatic heterocycles. The van der Waals surface area contributed by atoms with Crippen molar-refractivity contribution in [3.8, 4) is 0 Å². The first-order valence-corrected chi connectivity index (χ1v) is 5.31. The van der Waals surface area contributed by atoms with Crippen molar-refractivity contribution in [1.29, 1.82) is 0 Å². The van der Waals surface area contributed by atoms with Crippen LogP contribution >= 0.6 is 11.6 Å². The van der Waals surface area contributed by atoms with Crippen LogP contribution in [0.3, 0.4) is 0 Å². The molecule has 0 aliphatic rings. The van der Waals surface area contributed by atoms with E-state index >= 15 is 0 Å². The SMILES string of the molecule is Cc1nn(C)c2c1nc(CCl)n2CC(F)F. The zero-order valence-corrected chi connectivity index (χ0v) is 9.67. The van der Waals surface area contributed by atoms with Crippen LogP contribution in [0.15, 0.2) is 0 Å². The molecule has 0 bridgehead atoms. The van der Waals surface area contributed by atoms with Crippen LogP contribution in [-0.4, -0.2) is 25.8 Å². The molecule has 0 atom stereocenters. The second-order valence-corrected chi connectivity index (χ2v) is 3.81. The Labute approximate surface area is 95.8 Å². The molecule has 7 heteroatoms. The standard InChI is InChI=1S/C9H11ClF2N4/c1-5-8-9(15(2)14-5)16(4-6(11)12)7(3-10)13-8/h6H,3-4H2,1-2H3. The smallest absolute Gasteiger partial charge is 0.256 e. The van der Waals surface area contributed by atoms with E-state index in [1.807, 2.05) is 0 Å². The molecule has 4 nitrogen and oxygen atoms in total. The molecule has 0 N–H and O–H groups in total. The molecule has 0 aliphatic heterocycles. The fraction of sp³-hybridized carbons (Fsp3) is 0.556. The molecule has 0 spiro atoms. The van der Waals surface area contributed by atoms with Crippen molar-refractivity contribution >= 4 is 22.8 Å². The molecule has 0 unspecified atom stereocenters. The maximum atomic E-state index is 12.5. The highest BCUT2D eigenvalue weighted by Gasteiger charge is 2.18. The molecule has 2 aromatic rings. The summed E-state index contributed by atoms with van der Waals surface area (Å²) in [5, 5.41) is 4.14. The second kappa shape index (κ2) is 4.01. The number of aromatic nitrogens is 4. The number of imidazole rings is 1. The fourth-order valence-electron chi connectivity index (χ4n) is 1.81. The highest BCUT2D eigenvalue weighted by molar-refractivity contribution is 6.16. The summed E-state index contributed by atoms with van der Waals surface area (Å²) < 4.78 is 27.9. The van der Waals surface area contributed by atoms with E-state index in [-0.39, 0.29) is 5.88 Å². The van der Waals surface area contributed by atoms with Gasteiger partial charge in [0.1, 0.15) is 11.3 Å². The summed E-state index contributed by atoms with van der Waals surface area (Å²) in [6.07, 6.45) is -2.44. The van der Waals surface area contributed by atoms with Gasteiger partial charge >= 0.3 is 0 Å². The summed E-state index contributed by atoms with van der Waals surface area (Å²) >= 11 is 5.69. The van der Waals surface area contributed by atoms with Gasteiger partial charge in [0.15, 0.2) is 5.65 Å². The molecular weight excluding hydrogens is 238 g/mol. The molecule has 88 valence electrons. The summed E-state index contributed by atoms with van der Waals surface area (Å²) in [5.41, 5.74) is 1.95. The summed E-state index contributed by atoms with van der Waals surface area (Å²) in [5.74, 6) is 0.564. The monoisotopic (exact) mass is 248 g/mol. The van der Waals surface area contributed by atoms with Crippen molar-refractivity contribution < 1.29 is 8.78 Å². The molecule has 2 heterocycles. The average Bonchev–Trinajstić information content (AvgIpc) is 2.67. The predicted molar refractivity (Wildman–Crippen MR) is 56.8 cm³/mol. The van der Waals surface area contributed by atoms with Gasteiger partial charge in [-0.15, -0.1) is 11.6 Å². The predicted octanol–water partition coefficient (Wildman–Crippen LogP) is 2.08. The van der Waals surface area contributed by atoms with E-state index in [0.717, 1.165) is 5.69 Å². The molecule has 0 saturated carbocycles. The topological polar surface area (TPSA) is 35.6 Å². The van der Waals surface area contributed by atoms with Crippen LogP contribution < -0.4 is 0 Å². The Hall–Kier alpha value is -1.17. The summed E-state index contributed by atoms with van der Waals surface area (Å²) in [6.45, 7) is 1.39. The van der Waals surface area contributed by atoms with Crippen molar-refractivity contribution in [1.82, 2.24) is 19.3 Å². The van der Waals surface area contributed by atoms with Gasteiger partial charge in [-0.1, -0.05) is 0 Å². The third-order valence-corrected chi connectivity index (χ3v) is 2.65. The van der Waals surface area contributed by atoms with Gasteiger partial charge in [-0.05, 0) is 6.92 Å². The van der Waals surface area contributed by atoms with Gasteiger partial charge in [0.25, 0.3) is 6.43 Å². The van der Waals surface area contributed by atoms with Gasteiger partial charge in [-0.25, -0.2) is 13.8 Å². The molecule has 0 radical (unpaired) electrons. The minimum absolute atomic E-state index is 0.112. The summed E-state index contributed by atoms with van der Waals surface area (Å²) in [7, 11) is 1.71. The molecular formula is C9H11ClF2N4. The Bertz CT molecular complexity index is 517. The van der Waals surface area contributed by atoms with E-state index in [0.29, 0.717) is 17.0 Å². The second-order valence-electron chi connectivity index (χ2n) is 3.54. The Balaban J connectivity index is 2.66. The van der Waals surface area contributed by atoms with Gasteiger partial charge < -0.3 is 4.57 Å². The number of rotatable bonds is 3. The maximum absolute atomic E-state index is 12.5. The lowest BCUT2D eigenvalue weighted by molar-refractivity contribution is 0.126. The third kappa shape index (κ3) is 1.67. The number of fused-ring (bicyclic) bond motifs is 1. The first-order valence-electron chi connectivity index (χ1n) is 4.77. The van der Waals surface area contributed by atoms with Crippen LogP contribution in [0.25, 0.3) is 11.2 Å². The quantitative estimate of drug-likeness (QED) is 0.780. The number of nitrogens with zero attached hydrogens (tertiary/aromatic N) is 4. The minimum Gasteiger partial charge on any atom is -0.306 e. The van der Waals surface area contributed by atoms with E-state index in [4.69, 9.17) is 11.6 Å². The van der Waals surface area contributed by atoms with Crippen molar-refractivity contribution in [2.45, 2.75) is 25.8 Å².